The van der Waals surface area contributed by atoms with Gasteiger partial charge in [-0.2, -0.15) is 0 Å². The molecule has 0 radical (unpaired) electrons. The van der Waals surface area contributed by atoms with Gasteiger partial charge in [0.2, 0.25) is 0 Å². The number of rotatable bonds is 6. The Morgan fingerprint density at radius 2 is 2.10 bits per heavy atom. The van der Waals surface area contributed by atoms with Gasteiger partial charge in [-0.1, -0.05) is 0 Å². The van der Waals surface area contributed by atoms with E-state index in [1.165, 1.54) is 0 Å². The summed E-state index contributed by atoms with van der Waals surface area (Å²) in [6.07, 6.45) is 6.82. The SMILES string of the molecule is C/[C](=C/C[C@@H]1CCC(OCC(C)C)=CC1=O)[Sn]([CH3])([CH3])[CH3]. The molecule has 0 heterocycles. The Hall–Kier alpha value is -0.251. The first-order chi connectivity index (χ1) is 9.20. The fourth-order valence-corrected chi connectivity index (χ4v) is 4.14. The first kappa shape index (κ1) is 17.8. The van der Waals surface area contributed by atoms with Gasteiger partial charge in [0, 0.05) is 0 Å². The summed E-state index contributed by atoms with van der Waals surface area (Å²) in [4.78, 5) is 19.4. The molecule has 114 valence electrons. The van der Waals surface area contributed by atoms with Crippen molar-refractivity contribution in [3.05, 3.63) is 21.5 Å². The van der Waals surface area contributed by atoms with Gasteiger partial charge in [-0.15, -0.1) is 0 Å². The van der Waals surface area contributed by atoms with E-state index in [0.717, 1.165) is 25.0 Å². The van der Waals surface area contributed by atoms with Crippen molar-refractivity contribution in [3.63, 3.8) is 0 Å². The molecule has 0 aromatic carbocycles. The van der Waals surface area contributed by atoms with Crippen molar-refractivity contribution in [1.29, 1.82) is 0 Å². The van der Waals surface area contributed by atoms with E-state index in [2.05, 4.69) is 41.7 Å². The third-order valence-electron chi connectivity index (χ3n) is 3.94. The first-order valence-corrected chi connectivity index (χ1v) is 17.7. The molecule has 0 N–H and O–H groups in total. The number of carbonyl (C=O) groups excluding carboxylic acids is 1. The van der Waals surface area contributed by atoms with Crippen LogP contribution in [0.3, 0.4) is 0 Å². The van der Waals surface area contributed by atoms with Crippen LogP contribution >= 0.6 is 0 Å². The van der Waals surface area contributed by atoms with E-state index < -0.39 is 18.4 Å². The summed E-state index contributed by atoms with van der Waals surface area (Å²) in [5.74, 6) is 1.82. The normalized spacial score (nSPS) is 21.1. The molecule has 0 aromatic heterocycles. The van der Waals surface area contributed by atoms with Crippen LogP contribution in [-0.4, -0.2) is 30.8 Å². The fourth-order valence-electron chi connectivity index (χ4n) is 2.05. The third kappa shape index (κ3) is 6.02. The van der Waals surface area contributed by atoms with E-state index in [1.54, 1.807) is 9.67 Å². The minimum absolute atomic E-state index is 0.171. The van der Waals surface area contributed by atoms with Gasteiger partial charge < -0.3 is 0 Å². The maximum absolute atomic E-state index is 12.1. The first-order valence-electron chi connectivity index (χ1n) is 7.74. The second kappa shape index (κ2) is 7.67. The molecule has 2 nitrogen and oxygen atoms in total. The zero-order valence-corrected chi connectivity index (χ0v) is 16.8. The van der Waals surface area contributed by atoms with Gasteiger partial charge in [-0.25, -0.2) is 0 Å². The minimum atomic E-state index is -1.91. The standard InChI is InChI=1S/C14H21O2.3CH3.Sn/c1-4-5-6-12-7-8-13(9-14(12)15)16-10-11(2)3;;;;/h5,9,11-12H,6-8,10H2,1-3H3;3*1H3;/t12-;;;;/m1..../s1. The van der Waals surface area contributed by atoms with Crippen LogP contribution in [0.4, 0.5) is 0 Å². The molecule has 1 rings (SSSR count). The molecule has 0 amide bonds. The summed E-state index contributed by atoms with van der Waals surface area (Å²) >= 11 is -1.91. The molecule has 3 heteroatoms. The van der Waals surface area contributed by atoms with Crippen molar-refractivity contribution in [2.24, 2.45) is 11.8 Å². The zero-order chi connectivity index (χ0) is 15.3. The van der Waals surface area contributed by atoms with Crippen LogP contribution in [-0.2, 0) is 9.53 Å². The van der Waals surface area contributed by atoms with Crippen molar-refractivity contribution in [1.82, 2.24) is 0 Å². The van der Waals surface area contributed by atoms with Crippen LogP contribution in [0.15, 0.2) is 21.5 Å². The summed E-state index contributed by atoms with van der Waals surface area (Å²) in [6, 6.07) is 0. The Kier molecular flexibility index (Phi) is 6.83. The van der Waals surface area contributed by atoms with Crippen LogP contribution in [0.25, 0.3) is 0 Å². The van der Waals surface area contributed by atoms with Gasteiger partial charge in [-0.3, -0.25) is 0 Å². The predicted molar refractivity (Wildman–Crippen MR) is 88.3 cm³/mol. The maximum atomic E-state index is 12.1. The molecule has 20 heavy (non-hydrogen) atoms. The van der Waals surface area contributed by atoms with Gasteiger partial charge in [0.1, 0.15) is 0 Å². The summed E-state index contributed by atoms with van der Waals surface area (Å²) < 4.78 is 7.25. The Balaban J connectivity index is 2.55. The summed E-state index contributed by atoms with van der Waals surface area (Å²) in [6.45, 7) is 7.21. The van der Waals surface area contributed by atoms with Crippen LogP contribution in [0, 0.1) is 11.8 Å². The van der Waals surface area contributed by atoms with Crippen molar-refractivity contribution < 1.29 is 9.53 Å². The van der Waals surface area contributed by atoms with Crippen molar-refractivity contribution in [3.8, 4) is 0 Å². The van der Waals surface area contributed by atoms with E-state index in [-0.39, 0.29) is 11.7 Å². The van der Waals surface area contributed by atoms with Gasteiger partial charge in [0.25, 0.3) is 0 Å². The topological polar surface area (TPSA) is 26.3 Å². The molecule has 0 aliphatic heterocycles. The summed E-state index contributed by atoms with van der Waals surface area (Å²) in [5.41, 5.74) is 0. The molecular weight excluding hydrogens is 355 g/mol. The number of hydrogen-bond donors (Lipinski definition) is 0. The van der Waals surface area contributed by atoms with E-state index in [1.807, 2.05) is 0 Å². The Bertz CT molecular complexity index is 400. The van der Waals surface area contributed by atoms with Gasteiger partial charge in [-0.05, 0) is 0 Å². The Morgan fingerprint density at radius 1 is 1.45 bits per heavy atom. The van der Waals surface area contributed by atoms with Crippen molar-refractivity contribution >= 4 is 24.2 Å². The summed E-state index contributed by atoms with van der Waals surface area (Å²) in [5, 5.41) is 0. The van der Waals surface area contributed by atoms with Gasteiger partial charge >= 0.3 is 128 Å². The van der Waals surface area contributed by atoms with E-state index in [9.17, 15) is 4.79 Å². The molecule has 1 aliphatic rings. The van der Waals surface area contributed by atoms with Crippen molar-refractivity contribution in [2.75, 3.05) is 6.61 Å². The molecule has 1 aliphatic carbocycles. The van der Waals surface area contributed by atoms with Crippen molar-refractivity contribution in [2.45, 2.75) is 54.9 Å². The molecule has 0 saturated carbocycles. The molecule has 0 fully saturated rings. The number of ether oxygens (including phenoxy) is 1. The van der Waals surface area contributed by atoms with Gasteiger partial charge in [0.05, 0.1) is 0 Å². The van der Waals surface area contributed by atoms with E-state index >= 15 is 0 Å². The average molecular weight is 385 g/mol. The molecule has 1 atom stereocenters. The average Bonchev–Trinajstić information content (AvgIpc) is 2.33. The van der Waals surface area contributed by atoms with E-state index in [0.29, 0.717) is 12.5 Å². The number of ketones is 1. The Morgan fingerprint density at radius 3 is 2.60 bits per heavy atom. The molecule has 0 spiro atoms. The van der Waals surface area contributed by atoms with Crippen LogP contribution in [0.1, 0.15) is 40.0 Å². The molecule has 0 saturated heterocycles. The number of hydrogen-bond acceptors (Lipinski definition) is 2. The second-order valence-electron chi connectivity index (χ2n) is 7.33. The number of carbonyl (C=O) groups is 1. The number of allylic oxidation sites excluding steroid dienone is 4. The van der Waals surface area contributed by atoms with Crippen LogP contribution < -0.4 is 0 Å². The van der Waals surface area contributed by atoms with Crippen LogP contribution in [0.2, 0.25) is 14.8 Å². The second-order valence-corrected chi connectivity index (χ2v) is 22.4. The quantitative estimate of drug-likeness (QED) is 0.618. The zero-order valence-electron chi connectivity index (χ0n) is 14.0. The van der Waals surface area contributed by atoms with E-state index in [4.69, 9.17) is 4.74 Å². The predicted octanol–water partition coefficient (Wildman–Crippen LogP) is 4.74. The third-order valence-corrected chi connectivity index (χ3v) is 11.3. The molecule has 0 unspecified atom stereocenters. The fraction of sp³-hybridized carbons (Fsp3) is 0.706. The monoisotopic (exact) mass is 386 g/mol. The molecule has 0 aromatic rings. The molecule has 0 bridgehead atoms. The summed E-state index contributed by atoms with van der Waals surface area (Å²) in [7, 11) is 0. The van der Waals surface area contributed by atoms with Crippen LogP contribution in [0.5, 0.6) is 0 Å². The molecular formula is C17H30O2Sn. The van der Waals surface area contributed by atoms with Gasteiger partial charge in [0.15, 0.2) is 0 Å². The Labute approximate surface area is 128 Å².